The second-order valence-electron chi connectivity index (χ2n) is 10.9. The molecule has 218 valence electrons. The highest BCUT2D eigenvalue weighted by Crippen LogP contribution is 2.22. The van der Waals surface area contributed by atoms with E-state index in [1.165, 1.54) is 17.0 Å². The number of phenolic OH excluding ortho intramolecular Hbond substituents is 1. The van der Waals surface area contributed by atoms with E-state index in [0.717, 1.165) is 16.5 Å². The van der Waals surface area contributed by atoms with Crippen LogP contribution in [0.15, 0.2) is 54.7 Å². The van der Waals surface area contributed by atoms with Crippen molar-refractivity contribution >= 4 is 34.6 Å². The molecule has 1 aliphatic heterocycles. The topological polar surface area (TPSA) is 178 Å². The van der Waals surface area contributed by atoms with Gasteiger partial charge in [0.1, 0.15) is 23.9 Å². The highest BCUT2D eigenvalue weighted by Gasteiger charge is 2.40. The van der Waals surface area contributed by atoms with Crippen LogP contribution in [-0.4, -0.2) is 74.5 Å². The molecule has 2 aromatic carbocycles. The molecule has 7 N–H and O–H groups in total. The average molecular weight is 564 g/mol. The second-order valence-corrected chi connectivity index (χ2v) is 10.9. The molecule has 0 bridgehead atoms. The number of likely N-dealkylation sites (tertiary alicyclic amines) is 1. The number of H-pyrrole nitrogens is 1. The monoisotopic (exact) mass is 563 g/mol. The molecule has 0 saturated carbocycles. The van der Waals surface area contributed by atoms with Crippen molar-refractivity contribution in [2.75, 3.05) is 6.54 Å². The predicted molar refractivity (Wildman–Crippen MR) is 153 cm³/mol. The van der Waals surface area contributed by atoms with Crippen molar-refractivity contribution in [1.82, 2.24) is 20.5 Å². The van der Waals surface area contributed by atoms with Crippen LogP contribution in [-0.2, 0) is 32.0 Å². The molecule has 1 aromatic heterocycles. The number of carboxylic acid groups (broad SMARTS) is 1. The number of fused-ring (bicyclic) bond motifs is 1. The molecule has 4 atom stereocenters. The Hall–Kier alpha value is -4.38. The fourth-order valence-corrected chi connectivity index (χ4v) is 5.22. The molecule has 4 unspecified atom stereocenters. The van der Waals surface area contributed by atoms with Gasteiger partial charge in [-0.05, 0) is 54.5 Å². The first kappa shape index (κ1) is 29.6. The molecule has 0 spiro atoms. The van der Waals surface area contributed by atoms with Crippen LogP contribution in [0.2, 0.25) is 0 Å². The molecule has 0 aliphatic carbocycles. The SMILES string of the molecule is CC(C)C(NC(=O)C(N)Cc1c[nH]c2ccccc12)C(=O)N1CCCC1C(=O)NC(Cc1ccc(O)cc1)C(=O)O. The zero-order valence-corrected chi connectivity index (χ0v) is 23.2. The summed E-state index contributed by atoms with van der Waals surface area (Å²) in [6.45, 7) is 3.92. The molecule has 3 aromatic rings. The number of aromatic amines is 1. The van der Waals surface area contributed by atoms with E-state index >= 15 is 0 Å². The number of amides is 3. The third-order valence-corrected chi connectivity index (χ3v) is 7.51. The number of aromatic hydroxyl groups is 1. The van der Waals surface area contributed by atoms with Crippen molar-refractivity contribution in [2.24, 2.45) is 11.7 Å². The van der Waals surface area contributed by atoms with Gasteiger partial charge in [-0.25, -0.2) is 4.79 Å². The zero-order valence-electron chi connectivity index (χ0n) is 23.2. The maximum absolute atomic E-state index is 13.6. The number of nitrogens with zero attached hydrogens (tertiary/aromatic N) is 1. The number of carbonyl (C=O) groups excluding carboxylic acids is 3. The number of aliphatic carboxylic acids is 1. The molecule has 41 heavy (non-hydrogen) atoms. The summed E-state index contributed by atoms with van der Waals surface area (Å²) in [7, 11) is 0. The number of aromatic nitrogens is 1. The van der Waals surface area contributed by atoms with Crippen molar-refractivity contribution in [2.45, 2.75) is 63.7 Å². The Morgan fingerprint density at radius 1 is 1.05 bits per heavy atom. The largest absolute Gasteiger partial charge is 0.508 e. The summed E-state index contributed by atoms with van der Waals surface area (Å²) in [6, 6.07) is 9.90. The van der Waals surface area contributed by atoms with Crippen LogP contribution >= 0.6 is 0 Å². The predicted octanol–water partition coefficient (Wildman–Crippen LogP) is 1.69. The van der Waals surface area contributed by atoms with E-state index in [1.54, 1.807) is 26.0 Å². The Bertz CT molecular complexity index is 1400. The Kier molecular flexibility index (Phi) is 9.28. The van der Waals surface area contributed by atoms with Gasteiger partial charge in [0.05, 0.1) is 6.04 Å². The lowest BCUT2D eigenvalue weighted by Crippen LogP contribution is -2.58. The van der Waals surface area contributed by atoms with Gasteiger partial charge in [0.25, 0.3) is 0 Å². The summed E-state index contributed by atoms with van der Waals surface area (Å²) >= 11 is 0. The lowest BCUT2D eigenvalue weighted by molar-refractivity contribution is -0.145. The van der Waals surface area contributed by atoms with Gasteiger partial charge >= 0.3 is 5.97 Å². The number of nitrogens with two attached hydrogens (primary N) is 1. The number of hydrogen-bond donors (Lipinski definition) is 6. The second kappa shape index (κ2) is 12.9. The quantitative estimate of drug-likeness (QED) is 0.205. The Balaban J connectivity index is 1.41. The van der Waals surface area contributed by atoms with Crippen LogP contribution in [0.1, 0.15) is 37.8 Å². The van der Waals surface area contributed by atoms with Gasteiger partial charge in [0, 0.05) is 30.1 Å². The van der Waals surface area contributed by atoms with E-state index in [0.29, 0.717) is 24.9 Å². The average Bonchev–Trinajstić information content (AvgIpc) is 3.59. The Morgan fingerprint density at radius 3 is 2.44 bits per heavy atom. The van der Waals surface area contributed by atoms with Crippen LogP contribution in [0.5, 0.6) is 5.75 Å². The molecule has 4 rings (SSSR count). The fraction of sp³-hybridized carbons (Fsp3) is 0.400. The van der Waals surface area contributed by atoms with Crippen LogP contribution in [0.25, 0.3) is 10.9 Å². The maximum Gasteiger partial charge on any atom is 0.326 e. The van der Waals surface area contributed by atoms with Gasteiger partial charge in [0.2, 0.25) is 17.7 Å². The standard InChI is InChI=1S/C30H37N5O6/c1-17(2)26(34-27(37)22(31)15-19-16-32-23-7-4-3-6-21(19)23)29(39)35-13-5-8-25(35)28(38)33-24(30(40)41)14-18-9-11-20(36)12-10-18/h3-4,6-7,9-12,16-17,22,24-26,32,36H,5,8,13-15,31H2,1-2H3,(H,33,38)(H,34,37)(H,40,41). The molecule has 11 nitrogen and oxygen atoms in total. The lowest BCUT2D eigenvalue weighted by Gasteiger charge is -2.31. The first-order valence-electron chi connectivity index (χ1n) is 13.8. The lowest BCUT2D eigenvalue weighted by atomic mass is 10.00. The van der Waals surface area contributed by atoms with Crippen molar-refractivity contribution in [3.05, 3.63) is 65.9 Å². The van der Waals surface area contributed by atoms with E-state index in [1.807, 2.05) is 30.5 Å². The minimum Gasteiger partial charge on any atom is -0.508 e. The third-order valence-electron chi connectivity index (χ3n) is 7.51. The van der Waals surface area contributed by atoms with Gasteiger partial charge in [-0.1, -0.05) is 44.2 Å². The number of hydrogen-bond acceptors (Lipinski definition) is 6. The Morgan fingerprint density at radius 2 is 1.76 bits per heavy atom. The van der Waals surface area contributed by atoms with Crippen LogP contribution in [0, 0.1) is 5.92 Å². The van der Waals surface area contributed by atoms with Crippen molar-refractivity contribution in [1.29, 1.82) is 0 Å². The van der Waals surface area contributed by atoms with Crippen molar-refractivity contribution < 1.29 is 29.4 Å². The molecule has 0 radical (unpaired) electrons. The maximum atomic E-state index is 13.6. The van der Waals surface area contributed by atoms with E-state index in [4.69, 9.17) is 5.73 Å². The zero-order chi connectivity index (χ0) is 29.7. The minimum absolute atomic E-state index is 0.0149. The van der Waals surface area contributed by atoms with Crippen molar-refractivity contribution in [3.8, 4) is 5.75 Å². The number of nitrogens with one attached hydrogen (secondary N) is 3. The summed E-state index contributed by atoms with van der Waals surface area (Å²) < 4.78 is 0. The summed E-state index contributed by atoms with van der Waals surface area (Å²) in [5, 5.41) is 25.5. The highest BCUT2D eigenvalue weighted by molar-refractivity contribution is 5.95. The smallest absolute Gasteiger partial charge is 0.326 e. The molecule has 2 heterocycles. The molecular formula is C30H37N5O6. The number of phenols is 1. The number of carbonyl (C=O) groups is 4. The van der Waals surface area contributed by atoms with Gasteiger partial charge in [-0.3, -0.25) is 14.4 Å². The number of rotatable bonds is 11. The van der Waals surface area contributed by atoms with E-state index in [2.05, 4.69) is 15.6 Å². The van der Waals surface area contributed by atoms with Gasteiger partial charge in [0.15, 0.2) is 0 Å². The van der Waals surface area contributed by atoms with Crippen molar-refractivity contribution in [3.63, 3.8) is 0 Å². The van der Waals surface area contributed by atoms with Crippen LogP contribution in [0.3, 0.4) is 0 Å². The van der Waals surface area contributed by atoms with Gasteiger partial charge < -0.3 is 36.5 Å². The first-order valence-corrected chi connectivity index (χ1v) is 13.8. The summed E-state index contributed by atoms with van der Waals surface area (Å²) in [4.78, 5) is 56.4. The van der Waals surface area contributed by atoms with Gasteiger partial charge in [-0.15, -0.1) is 0 Å². The molecule has 1 aliphatic rings. The van der Waals surface area contributed by atoms with Crippen LogP contribution in [0.4, 0.5) is 0 Å². The Labute approximate surface area is 238 Å². The van der Waals surface area contributed by atoms with E-state index in [9.17, 15) is 29.4 Å². The molecular weight excluding hydrogens is 526 g/mol. The number of benzene rings is 2. The highest BCUT2D eigenvalue weighted by atomic mass is 16.4. The van der Waals surface area contributed by atoms with Crippen LogP contribution < -0.4 is 16.4 Å². The van der Waals surface area contributed by atoms with E-state index < -0.39 is 47.9 Å². The normalized spacial score (nSPS) is 17.3. The fourth-order valence-electron chi connectivity index (χ4n) is 5.22. The molecule has 1 fully saturated rings. The van der Waals surface area contributed by atoms with E-state index in [-0.39, 0.29) is 24.5 Å². The molecule has 3 amide bonds. The number of carboxylic acids is 1. The summed E-state index contributed by atoms with van der Waals surface area (Å²) in [5.74, 6) is -2.88. The first-order chi connectivity index (χ1) is 19.5. The molecule has 1 saturated heterocycles. The molecule has 11 heteroatoms. The van der Waals surface area contributed by atoms with Gasteiger partial charge in [-0.2, -0.15) is 0 Å². The summed E-state index contributed by atoms with van der Waals surface area (Å²) in [5.41, 5.74) is 8.71. The summed E-state index contributed by atoms with van der Waals surface area (Å²) in [6.07, 6.45) is 3.06. The minimum atomic E-state index is -1.22. The third kappa shape index (κ3) is 7.04. The number of para-hydroxylation sites is 1.